The van der Waals surface area contributed by atoms with Crippen LogP contribution in [0.1, 0.15) is 17.5 Å². The maximum Gasteiger partial charge on any atom is 0.244 e. The minimum atomic E-state index is -4.03. The highest BCUT2D eigenvalue weighted by molar-refractivity contribution is 7.94. The molecular weight excluding hydrogens is 404 g/mol. The average molecular weight is 425 g/mol. The zero-order valence-electron chi connectivity index (χ0n) is 15.4. The molecular formula is C18H20N2O6S2. The lowest BCUT2D eigenvalue weighted by atomic mass is 10.1. The average Bonchev–Trinajstić information content (AvgIpc) is 2.92. The molecule has 1 aliphatic rings. The molecule has 28 heavy (non-hydrogen) atoms. The summed E-state index contributed by atoms with van der Waals surface area (Å²) in [6.45, 7) is 1.95. The van der Waals surface area contributed by atoms with Gasteiger partial charge in [0.1, 0.15) is 10.6 Å². The van der Waals surface area contributed by atoms with Gasteiger partial charge in [-0.2, -0.15) is 0 Å². The summed E-state index contributed by atoms with van der Waals surface area (Å²) in [5.74, 6) is -0.850. The third-order valence-electron chi connectivity index (χ3n) is 4.30. The second-order valence-electron chi connectivity index (χ2n) is 6.37. The van der Waals surface area contributed by atoms with E-state index in [9.17, 15) is 21.6 Å². The predicted molar refractivity (Wildman–Crippen MR) is 104 cm³/mol. The molecule has 2 aromatic carbocycles. The van der Waals surface area contributed by atoms with Gasteiger partial charge in [-0.1, -0.05) is 29.8 Å². The van der Waals surface area contributed by atoms with Gasteiger partial charge in [0.2, 0.25) is 26.0 Å². The van der Waals surface area contributed by atoms with Gasteiger partial charge in [-0.15, -0.1) is 0 Å². The van der Waals surface area contributed by atoms with E-state index in [1.807, 2.05) is 25.1 Å². The lowest BCUT2D eigenvalue weighted by Gasteiger charge is -2.18. The summed E-state index contributed by atoms with van der Waals surface area (Å²) >= 11 is 0. The van der Waals surface area contributed by atoms with E-state index < -0.39 is 26.0 Å². The van der Waals surface area contributed by atoms with Crippen LogP contribution >= 0.6 is 0 Å². The van der Waals surface area contributed by atoms with Crippen molar-refractivity contribution in [1.82, 2.24) is 4.72 Å². The molecule has 2 aromatic rings. The number of aryl methyl sites for hydroxylation is 1. The van der Waals surface area contributed by atoms with E-state index in [4.69, 9.17) is 4.74 Å². The van der Waals surface area contributed by atoms with Crippen LogP contribution in [0, 0.1) is 6.92 Å². The van der Waals surface area contributed by atoms with E-state index in [0.717, 1.165) is 17.2 Å². The Balaban J connectivity index is 1.96. The van der Waals surface area contributed by atoms with Crippen molar-refractivity contribution in [1.29, 1.82) is 0 Å². The highest BCUT2D eigenvalue weighted by atomic mass is 32.2. The molecule has 3 rings (SSSR count). The standard InChI is InChI=1S/C18H20N2O6S2/c1-13-4-3-5-14(10-13)12-19-28(24,25)17-11-15(6-7-16(17)26-2)20-18(21)8-9-27(20,22)23/h3-7,10-11,19H,8-9,12H2,1-2H3. The molecule has 1 amide bonds. The molecule has 1 saturated heterocycles. The van der Waals surface area contributed by atoms with Gasteiger partial charge in [-0.05, 0) is 30.7 Å². The van der Waals surface area contributed by atoms with Crippen molar-refractivity contribution in [2.45, 2.75) is 24.8 Å². The molecule has 1 aliphatic heterocycles. The van der Waals surface area contributed by atoms with Crippen LogP contribution in [0.5, 0.6) is 5.75 Å². The molecule has 1 fully saturated rings. The van der Waals surface area contributed by atoms with Crippen molar-refractivity contribution < 1.29 is 26.4 Å². The molecule has 0 radical (unpaired) electrons. The minimum Gasteiger partial charge on any atom is -0.495 e. The Kier molecular flexibility index (Phi) is 5.46. The van der Waals surface area contributed by atoms with Gasteiger partial charge < -0.3 is 4.74 Å². The van der Waals surface area contributed by atoms with E-state index in [1.54, 1.807) is 6.07 Å². The number of carbonyl (C=O) groups excluding carboxylic acids is 1. The zero-order valence-corrected chi connectivity index (χ0v) is 17.0. The highest BCUT2D eigenvalue weighted by Crippen LogP contribution is 2.32. The molecule has 1 N–H and O–H groups in total. The van der Waals surface area contributed by atoms with Crippen molar-refractivity contribution >= 4 is 31.6 Å². The Labute approximate surface area is 164 Å². The monoisotopic (exact) mass is 424 g/mol. The molecule has 0 bridgehead atoms. The fourth-order valence-electron chi connectivity index (χ4n) is 2.95. The third kappa shape index (κ3) is 4.03. The van der Waals surface area contributed by atoms with Crippen LogP contribution in [0.2, 0.25) is 0 Å². The number of benzene rings is 2. The topological polar surface area (TPSA) is 110 Å². The van der Waals surface area contributed by atoms with Crippen LogP contribution in [0.3, 0.4) is 0 Å². The van der Waals surface area contributed by atoms with Crippen molar-refractivity contribution in [2.24, 2.45) is 0 Å². The molecule has 0 aromatic heterocycles. The second-order valence-corrected chi connectivity index (χ2v) is 10.0. The third-order valence-corrected chi connectivity index (χ3v) is 7.41. The largest absolute Gasteiger partial charge is 0.495 e. The Morgan fingerprint density at radius 3 is 2.54 bits per heavy atom. The molecule has 0 aliphatic carbocycles. The van der Waals surface area contributed by atoms with Gasteiger partial charge in [0.15, 0.2) is 0 Å². The summed E-state index contributed by atoms with van der Waals surface area (Å²) in [4.78, 5) is 11.8. The fraction of sp³-hybridized carbons (Fsp3) is 0.278. The van der Waals surface area contributed by atoms with Gasteiger partial charge in [-0.3, -0.25) is 4.79 Å². The lowest BCUT2D eigenvalue weighted by Crippen LogP contribution is -2.30. The Morgan fingerprint density at radius 1 is 1.18 bits per heavy atom. The van der Waals surface area contributed by atoms with Crippen LogP contribution in [0.4, 0.5) is 5.69 Å². The Morgan fingerprint density at radius 2 is 1.93 bits per heavy atom. The van der Waals surface area contributed by atoms with E-state index >= 15 is 0 Å². The van der Waals surface area contributed by atoms with E-state index in [0.29, 0.717) is 4.31 Å². The number of hydrogen-bond acceptors (Lipinski definition) is 6. The van der Waals surface area contributed by atoms with Gasteiger partial charge in [0, 0.05) is 13.0 Å². The van der Waals surface area contributed by atoms with Crippen molar-refractivity contribution in [2.75, 3.05) is 17.2 Å². The first-order valence-corrected chi connectivity index (χ1v) is 11.5. The van der Waals surface area contributed by atoms with Crippen LogP contribution in [0.25, 0.3) is 0 Å². The first-order valence-electron chi connectivity index (χ1n) is 8.43. The smallest absolute Gasteiger partial charge is 0.244 e. The zero-order chi connectivity index (χ0) is 20.5. The molecule has 0 saturated carbocycles. The van der Waals surface area contributed by atoms with Crippen LogP contribution in [-0.4, -0.2) is 35.6 Å². The number of amides is 1. The van der Waals surface area contributed by atoms with E-state index in [2.05, 4.69) is 4.72 Å². The number of carbonyl (C=O) groups is 1. The summed E-state index contributed by atoms with van der Waals surface area (Å²) in [5.41, 5.74) is 1.74. The van der Waals surface area contributed by atoms with Gasteiger partial charge in [0.25, 0.3) is 0 Å². The number of hydrogen-bond donors (Lipinski definition) is 1. The number of nitrogens with one attached hydrogen (secondary N) is 1. The quantitative estimate of drug-likeness (QED) is 0.753. The summed E-state index contributed by atoms with van der Waals surface area (Å²) in [6.07, 6.45) is -0.137. The second kappa shape index (κ2) is 7.53. The summed E-state index contributed by atoms with van der Waals surface area (Å²) in [6, 6.07) is 11.2. The number of methoxy groups -OCH3 is 1. The van der Waals surface area contributed by atoms with Gasteiger partial charge in [-0.25, -0.2) is 25.9 Å². The molecule has 1 heterocycles. The number of rotatable bonds is 6. The normalized spacial score (nSPS) is 16.4. The minimum absolute atomic E-state index is 0.0285. The fourth-order valence-corrected chi connectivity index (χ4v) is 5.60. The lowest BCUT2D eigenvalue weighted by molar-refractivity contribution is -0.116. The van der Waals surface area contributed by atoms with Gasteiger partial charge in [0.05, 0.1) is 18.6 Å². The van der Waals surface area contributed by atoms with Crippen LogP contribution < -0.4 is 13.8 Å². The molecule has 0 atom stereocenters. The van der Waals surface area contributed by atoms with Crippen LogP contribution in [-0.2, 0) is 31.4 Å². The summed E-state index contributed by atoms with van der Waals surface area (Å²) in [5, 5.41) is 0. The molecule has 8 nitrogen and oxygen atoms in total. The number of nitrogens with zero attached hydrogens (tertiary/aromatic N) is 1. The van der Waals surface area contributed by atoms with Crippen molar-refractivity contribution in [3.05, 3.63) is 53.6 Å². The molecule has 10 heteroatoms. The Hall–Kier alpha value is -2.43. The van der Waals surface area contributed by atoms with Gasteiger partial charge >= 0.3 is 0 Å². The first kappa shape index (κ1) is 20.3. The predicted octanol–water partition coefficient (Wildman–Crippen LogP) is 1.55. The van der Waals surface area contributed by atoms with Crippen molar-refractivity contribution in [3.8, 4) is 5.75 Å². The van der Waals surface area contributed by atoms with E-state index in [-0.39, 0.29) is 35.1 Å². The number of sulfonamides is 2. The summed E-state index contributed by atoms with van der Waals surface area (Å²) < 4.78 is 58.2. The maximum atomic E-state index is 12.8. The summed E-state index contributed by atoms with van der Waals surface area (Å²) in [7, 11) is -6.52. The maximum absolute atomic E-state index is 12.8. The molecule has 150 valence electrons. The van der Waals surface area contributed by atoms with Crippen molar-refractivity contribution in [3.63, 3.8) is 0 Å². The van der Waals surface area contributed by atoms with E-state index in [1.165, 1.54) is 19.2 Å². The highest BCUT2D eigenvalue weighted by Gasteiger charge is 2.37. The van der Waals surface area contributed by atoms with Crippen LogP contribution in [0.15, 0.2) is 47.4 Å². The first-order chi connectivity index (χ1) is 13.1. The molecule has 0 unspecified atom stereocenters. The number of ether oxygens (including phenoxy) is 1. The molecule has 0 spiro atoms. The Bertz CT molecular complexity index is 1130. The SMILES string of the molecule is COc1ccc(N2C(=O)CCS2(=O)=O)cc1S(=O)(=O)NCc1cccc(C)c1. The number of anilines is 1.